The lowest BCUT2D eigenvalue weighted by atomic mass is 10.0. The molecule has 1 heterocycles. The van der Waals surface area contributed by atoms with Crippen LogP contribution in [-0.4, -0.2) is 35.8 Å². The summed E-state index contributed by atoms with van der Waals surface area (Å²) in [5.74, 6) is -0.117. The number of likely N-dealkylation sites (tertiary alicyclic amines) is 1. The fourth-order valence-electron chi connectivity index (χ4n) is 2.65. The van der Waals surface area contributed by atoms with Crippen LogP contribution in [0.4, 0.5) is 0 Å². The predicted octanol–water partition coefficient (Wildman–Crippen LogP) is 1.86. The molecule has 1 unspecified atom stereocenters. The van der Waals surface area contributed by atoms with Gasteiger partial charge < -0.3 is 16.0 Å². The molecule has 2 rings (SSSR count). The molecule has 0 aliphatic carbocycles. The molecule has 0 aromatic heterocycles. The Morgan fingerprint density at radius 3 is 2.45 bits per heavy atom. The Morgan fingerprint density at radius 1 is 1.32 bits per heavy atom. The number of nitrogens with one attached hydrogen (secondary N) is 1. The molecule has 120 valence electrons. The van der Waals surface area contributed by atoms with Gasteiger partial charge in [0.25, 0.3) is 0 Å². The number of rotatable bonds is 4. The van der Waals surface area contributed by atoms with Crippen LogP contribution in [0.3, 0.4) is 0 Å². The van der Waals surface area contributed by atoms with Crippen LogP contribution in [0.5, 0.6) is 0 Å². The van der Waals surface area contributed by atoms with Crippen molar-refractivity contribution in [1.29, 1.82) is 0 Å². The molecule has 1 aliphatic rings. The zero-order valence-corrected chi connectivity index (χ0v) is 13.5. The van der Waals surface area contributed by atoms with Crippen molar-refractivity contribution in [2.45, 2.75) is 38.3 Å². The van der Waals surface area contributed by atoms with Gasteiger partial charge in [-0.25, -0.2) is 0 Å². The monoisotopic (exact) mass is 323 g/mol. The maximum absolute atomic E-state index is 12.4. The predicted molar refractivity (Wildman–Crippen MR) is 86.4 cm³/mol. The molecule has 0 saturated carbocycles. The first-order chi connectivity index (χ1) is 10.5. The van der Waals surface area contributed by atoms with Crippen LogP contribution in [0.1, 0.15) is 37.8 Å². The summed E-state index contributed by atoms with van der Waals surface area (Å²) in [7, 11) is 0. The fraction of sp³-hybridized carbons (Fsp3) is 0.500. The van der Waals surface area contributed by atoms with Crippen molar-refractivity contribution in [1.82, 2.24) is 10.2 Å². The molecule has 0 bridgehead atoms. The van der Waals surface area contributed by atoms with Gasteiger partial charge in [0.15, 0.2) is 0 Å². The number of carbonyl (C=O) groups excluding carboxylic acids is 2. The fourth-order valence-corrected chi connectivity index (χ4v) is 2.77. The minimum absolute atomic E-state index is 0.0422. The topological polar surface area (TPSA) is 75.4 Å². The number of carbonyl (C=O) groups is 2. The average molecular weight is 324 g/mol. The Hall–Kier alpha value is -1.59. The van der Waals surface area contributed by atoms with E-state index in [1.54, 1.807) is 12.1 Å². The van der Waals surface area contributed by atoms with Gasteiger partial charge in [-0.1, -0.05) is 23.7 Å². The number of hydrogen-bond donors (Lipinski definition) is 2. The number of benzene rings is 1. The summed E-state index contributed by atoms with van der Waals surface area (Å²) in [6.45, 7) is 2.83. The summed E-state index contributed by atoms with van der Waals surface area (Å²) >= 11 is 5.89. The van der Waals surface area contributed by atoms with Crippen molar-refractivity contribution in [3.8, 4) is 0 Å². The van der Waals surface area contributed by atoms with E-state index in [1.165, 1.54) is 6.92 Å². The number of hydrogen-bond acceptors (Lipinski definition) is 3. The van der Waals surface area contributed by atoms with Crippen molar-refractivity contribution >= 4 is 23.4 Å². The van der Waals surface area contributed by atoms with E-state index < -0.39 is 0 Å². The highest BCUT2D eigenvalue weighted by atomic mass is 35.5. The third kappa shape index (κ3) is 4.71. The van der Waals surface area contributed by atoms with Crippen molar-refractivity contribution < 1.29 is 9.59 Å². The molecule has 1 aliphatic heterocycles. The Labute approximate surface area is 135 Å². The van der Waals surface area contributed by atoms with Crippen LogP contribution in [0.15, 0.2) is 24.3 Å². The maximum Gasteiger partial charge on any atom is 0.224 e. The standard InChI is InChI=1S/C16H22ClN3O2/c1-11(21)19-15(12-2-4-13(17)5-3-12)10-16(22)20-8-6-14(18)7-9-20/h2-5,14-15H,6-10,18H2,1H3,(H,19,21). The molecule has 0 radical (unpaired) electrons. The Kier molecular flexibility index (Phi) is 5.80. The van der Waals surface area contributed by atoms with Crippen LogP contribution in [0.2, 0.25) is 5.02 Å². The number of piperidine rings is 1. The number of halogens is 1. The Balaban J connectivity index is 2.04. The largest absolute Gasteiger partial charge is 0.349 e. The van der Waals surface area contributed by atoms with Crippen LogP contribution >= 0.6 is 11.6 Å². The third-order valence-electron chi connectivity index (χ3n) is 3.92. The SMILES string of the molecule is CC(=O)NC(CC(=O)N1CCC(N)CC1)c1ccc(Cl)cc1. The Morgan fingerprint density at radius 2 is 1.91 bits per heavy atom. The highest BCUT2D eigenvalue weighted by Gasteiger charge is 2.24. The summed E-state index contributed by atoms with van der Waals surface area (Å²) < 4.78 is 0. The molecule has 1 atom stereocenters. The van der Waals surface area contributed by atoms with Gasteiger partial charge in [0.2, 0.25) is 11.8 Å². The number of nitrogens with two attached hydrogens (primary N) is 1. The summed E-state index contributed by atoms with van der Waals surface area (Å²) in [4.78, 5) is 25.7. The van der Waals surface area contributed by atoms with Crippen molar-refractivity contribution in [2.24, 2.45) is 5.73 Å². The van der Waals surface area contributed by atoms with Gasteiger partial charge in [-0.15, -0.1) is 0 Å². The van der Waals surface area contributed by atoms with Crippen molar-refractivity contribution in [3.05, 3.63) is 34.9 Å². The molecule has 1 fully saturated rings. The van der Waals surface area contributed by atoms with Crippen LogP contribution < -0.4 is 11.1 Å². The van der Waals surface area contributed by atoms with Gasteiger partial charge in [0, 0.05) is 31.1 Å². The molecule has 1 aromatic carbocycles. The maximum atomic E-state index is 12.4. The minimum atomic E-state index is -0.335. The van der Waals surface area contributed by atoms with E-state index in [0.29, 0.717) is 18.1 Å². The molecular formula is C16H22ClN3O2. The van der Waals surface area contributed by atoms with E-state index in [1.807, 2.05) is 17.0 Å². The first-order valence-electron chi connectivity index (χ1n) is 7.51. The van der Waals surface area contributed by atoms with E-state index in [2.05, 4.69) is 5.32 Å². The summed E-state index contributed by atoms with van der Waals surface area (Å²) in [5.41, 5.74) is 6.74. The second-order valence-electron chi connectivity index (χ2n) is 5.73. The zero-order valence-electron chi connectivity index (χ0n) is 12.7. The molecule has 0 spiro atoms. The lowest BCUT2D eigenvalue weighted by Crippen LogP contribution is -2.44. The second kappa shape index (κ2) is 7.61. The summed E-state index contributed by atoms with van der Waals surface area (Å²) in [6, 6.07) is 7.04. The van der Waals surface area contributed by atoms with Crippen molar-refractivity contribution in [3.63, 3.8) is 0 Å². The van der Waals surface area contributed by atoms with Crippen molar-refractivity contribution in [2.75, 3.05) is 13.1 Å². The first-order valence-corrected chi connectivity index (χ1v) is 7.89. The lowest BCUT2D eigenvalue weighted by Gasteiger charge is -2.31. The second-order valence-corrected chi connectivity index (χ2v) is 6.16. The van der Waals surface area contributed by atoms with Gasteiger partial charge in [0.1, 0.15) is 0 Å². The molecule has 22 heavy (non-hydrogen) atoms. The highest BCUT2D eigenvalue weighted by Crippen LogP contribution is 2.21. The van der Waals surface area contributed by atoms with Crippen LogP contribution in [-0.2, 0) is 9.59 Å². The number of nitrogens with zero attached hydrogens (tertiary/aromatic N) is 1. The first kappa shape index (κ1) is 16.8. The normalized spacial score (nSPS) is 17.1. The van der Waals surface area contributed by atoms with E-state index in [4.69, 9.17) is 17.3 Å². The quantitative estimate of drug-likeness (QED) is 0.888. The molecule has 3 N–H and O–H groups in total. The van der Waals surface area contributed by atoms with E-state index >= 15 is 0 Å². The van der Waals surface area contributed by atoms with E-state index in [-0.39, 0.29) is 30.3 Å². The zero-order chi connectivity index (χ0) is 16.1. The lowest BCUT2D eigenvalue weighted by molar-refractivity contribution is -0.133. The van der Waals surface area contributed by atoms with Gasteiger partial charge in [-0.3, -0.25) is 9.59 Å². The Bertz CT molecular complexity index is 525. The summed E-state index contributed by atoms with van der Waals surface area (Å²) in [5, 5.41) is 3.47. The molecular weight excluding hydrogens is 302 g/mol. The van der Waals surface area contributed by atoms with Crippen LogP contribution in [0.25, 0.3) is 0 Å². The third-order valence-corrected chi connectivity index (χ3v) is 4.17. The van der Waals surface area contributed by atoms with Crippen LogP contribution in [0, 0.1) is 0 Å². The van der Waals surface area contributed by atoms with E-state index in [0.717, 1.165) is 18.4 Å². The smallest absolute Gasteiger partial charge is 0.224 e. The summed E-state index contributed by atoms with van der Waals surface area (Å²) in [6.07, 6.45) is 1.91. The molecule has 6 heteroatoms. The average Bonchev–Trinajstić information content (AvgIpc) is 2.47. The van der Waals surface area contributed by atoms with E-state index in [9.17, 15) is 9.59 Å². The van der Waals surface area contributed by atoms with Gasteiger partial charge in [-0.05, 0) is 30.5 Å². The molecule has 5 nitrogen and oxygen atoms in total. The molecule has 2 amide bonds. The minimum Gasteiger partial charge on any atom is -0.349 e. The number of amides is 2. The highest BCUT2D eigenvalue weighted by molar-refractivity contribution is 6.30. The van der Waals surface area contributed by atoms with Gasteiger partial charge in [-0.2, -0.15) is 0 Å². The van der Waals surface area contributed by atoms with Gasteiger partial charge in [0.05, 0.1) is 12.5 Å². The molecule has 1 saturated heterocycles. The van der Waals surface area contributed by atoms with Gasteiger partial charge >= 0.3 is 0 Å². The molecule has 1 aromatic rings.